The topological polar surface area (TPSA) is 126 Å². The number of nitrogens with one attached hydrogen (secondary N) is 2. The first-order valence-corrected chi connectivity index (χ1v) is 9.55. The molecule has 162 valence electrons. The number of benzene rings is 1. The second-order valence-electron chi connectivity index (χ2n) is 7.04. The molecule has 0 radical (unpaired) electrons. The normalized spacial score (nSPS) is 20.3. The van der Waals surface area contributed by atoms with Gasteiger partial charge in [-0.2, -0.15) is 0 Å². The highest BCUT2D eigenvalue weighted by atomic mass is 19.1. The molecule has 0 bridgehead atoms. The molecule has 2 atom stereocenters. The van der Waals surface area contributed by atoms with Gasteiger partial charge in [-0.1, -0.05) is 0 Å². The fraction of sp³-hybridized carbons (Fsp3) is 0.300. The molecule has 3 N–H and O–H groups in total. The minimum atomic E-state index is -0.604. The number of ether oxygens (including phenoxy) is 1. The van der Waals surface area contributed by atoms with Crippen LogP contribution in [0.4, 0.5) is 14.9 Å². The lowest BCUT2D eigenvalue weighted by Gasteiger charge is -2.14. The summed E-state index contributed by atoms with van der Waals surface area (Å²) < 4.78 is 20.0. The molecular weight excluding hydrogens is 409 g/mol. The highest BCUT2D eigenvalue weighted by molar-refractivity contribution is 5.90. The average molecular weight is 429 g/mol. The molecular formula is C20H20FN5O5. The number of aliphatic hydroxyl groups excluding tert-OH is 1. The summed E-state index contributed by atoms with van der Waals surface area (Å²) in [6.45, 7) is 1.60. The van der Waals surface area contributed by atoms with E-state index in [-0.39, 0.29) is 31.2 Å². The van der Waals surface area contributed by atoms with Crippen molar-refractivity contribution < 1.29 is 28.7 Å². The fourth-order valence-electron chi connectivity index (χ4n) is 3.22. The molecule has 0 saturated carbocycles. The maximum Gasteiger partial charge on any atom is 0.414 e. The average Bonchev–Trinajstić information content (AvgIpc) is 3.39. The molecule has 2 unspecified atom stereocenters. The highest BCUT2D eigenvalue weighted by Gasteiger charge is 2.32. The van der Waals surface area contributed by atoms with Gasteiger partial charge < -0.3 is 15.2 Å². The van der Waals surface area contributed by atoms with Gasteiger partial charge >= 0.3 is 6.09 Å². The maximum absolute atomic E-state index is 14.8. The van der Waals surface area contributed by atoms with Crippen molar-refractivity contribution in [1.29, 1.82) is 0 Å². The molecule has 2 aromatic rings. The van der Waals surface area contributed by atoms with Crippen molar-refractivity contribution in [2.75, 3.05) is 24.6 Å². The molecule has 0 aliphatic carbocycles. The molecule has 1 aromatic heterocycles. The number of hydrogen-bond donors (Lipinski definition) is 3. The predicted molar refractivity (Wildman–Crippen MR) is 107 cm³/mol. The number of halogens is 1. The zero-order chi connectivity index (χ0) is 22.0. The van der Waals surface area contributed by atoms with E-state index in [0.717, 1.165) is 0 Å². The third-order valence-electron chi connectivity index (χ3n) is 4.79. The number of hydrogen-bond acceptors (Lipinski definition) is 8. The number of carbonyl (C=O) groups is 2. The van der Waals surface area contributed by atoms with Gasteiger partial charge in [-0.3, -0.25) is 20.0 Å². The molecule has 11 heteroatoms. The number of aromatic nitrogens is 2. The first-order chi connectivity index (χ1) is 14.9. The number of hydroxylamine groups is 1. The van der Waals surface area contributed by atoms with Gasteiger partial charge in [0, 0.05) is 12.5 Å². The lowest BCUT2D eigenvalue weighted by Crippen LogP contribution is -2.33. The number of carbonyl (C=O) groups excluding carboxylic acids is 2. The van der Waals surface area contributed by atoms with Crippen LogP contribution in [0, 0.1) is 5.82 Å². The molecule has 0 spiro atoms. The summed E-state index contributed by atoms with van der Waals surface area (Å²) in [6.07, 6.45) is 0.0994. The van der Waals surface area contributed by atoms with Crippen LogP contribution in [-0.4, -0.2) is 59.2 Å². The van der Waals surface area contributed by atoms with E-state index in [2.05, 4.69) is 21.0 Å². The van der Waals surface area contributed by atoms with Gasteiger partial charge in [-0.25, -0.2) is 9.18 Å². The number of anilines is 1. The predicted octanol–water partition coefficient (Wildman–Crippen LogP) is 0.981. The van der Waals surface area contributed by atoms with Crippen LogP contribution < -0.4 is 15.7 Å². The molecule has 1 saturated heterocycles. The minimum Gasteiger partial charge on any atom is -0.442 e. The summed E-state index contributed by atoms with van der Waals surface area (Å²) in [6, 6.07) is 7.61. The zero-order valence-corrected chi connectivity index (χ0v) is 16.5. The van der Waals surface area contributed by atoms with Crippen LogP contribution >= 0.6 is 0 Å². The third kappa shape index (κ3) is 4.47. The Balaban J connectivity index is 1.48. The monoisotopic (exact) mass is 429 g/mol. The maximum atomic E-state index is 14.8. The first-order valence-electron chi connectivity index (χ1n) is 9.55. The Morgan fingerprint density at radius 1 is 1.32 bits per heavy atom. The lowest BCUT2D eigenvalue weighted by atomic mass is 10.1. The second kappa shape index (κ2) is 8.66. The van der Waals surface area contributed by atoms with Gasteiger partial charge in [0.05, 0.1) is 36.8 Å². The zero-order valence-electron chi connectivity index (χ0n) is 16.5. The molecule has 10 nitrogen and oxygen atoms in total. The third-order valence-corrected chi connectivity index (χ3v) is 4.79. The summed E-state index contributed by atoms with van der Waals surface area (Å²) in [5, 5.41) is 19.8. The van der Waals surface area contributed by atoms with Gasteiger partial charge in [0.15, 0.2) is 0 Å². The number of amides is 2. The quantitative estimate of drug-likeness (QED) is 0.621. The van der Waals surface area contributed by atoms with Crippen molar-refractivity contribution in [2.24, 2.45) is 0 Å². The Bertz CT molecular complexity index is 1030. The summed E-state index contributed by atoms with van der Waals surface area (Å²) >= 11 is 0. The highest BCUT2D eigenvalue weighted by Crippen LogP contribution is 2.28. The van der Waals surface area contributed by atoms with Gasteiger partial charge in [0.25, 0.3) is 0 Å². The van der Waals surface area contributed by atoms with E-state index < -0.39 is 24.1 Å². The van der Waals surface area contributed by atoms with Gasteiger partial charge in [0.2, 0.25) is 5.91 Å². The summed E-state index contributed by atoms with van der Waals surface area (Å²) in [5.74, 6) is -0.794. The van der Waals surface area contributed by atoms with Crippen molar-refractivity contribution in [1.82, 2.24) is 21.0 Å². The molecule has 2 aliphatic rings. The van der Waals surface area contributed by atoms with Crippen molar-refractivity contribution in [3.63, 3.8) is 0 Å². The molecule has 1 aromatic carbocycles. The van der Waals surface area contributed by atoms with E-state index in [1.54, 1.807) is 24.3 Å². The Labute approximate surface area is 176 Å². The smallest absolute Gasteiger partial charge is 0.414 e. The largest absolute Gasteiger partial charge is 0.442 e. The number of cyclic esters (lactones) is 1. The minimum absolute atomic E-state index is 0.169. The van der Waals surface area contributed by atoms with Gasteiger partial charge in [0.1, 0.15) is 23.7 Å². The van der Waals surface area contributed by atoms with Crippen LogP contribution in [0.1, 0.15) is 12.6 Å². The Morgan fingerprint density at radius 2 is 2.10 bits per heavy atom. The van der Waals surface area contributed by atoms with E-state index in [1.165, 1.54) is 24.0 Å². The molecule has 4 rings (SSSR count). The van der Waals surface area contributed by atoms with Gasteiger partial charge in [-0.15, -0.1) is 10.2 Å². The van der Waals surface area contributed by atoms with Crippen molar-refractivity contribution in [3.8, 4) is 11.3 Å². The van der Waals surface area contributed by atoms with Crippen LogP contribution in [0.5, 0.6) is 0 Å². The van der Waals surface area contributed by atoms with Crippen LogP contribution in [-0.2, 0) is 14.4 Å². The number of nitrogens with zero attached hydrogens (tertiary/aromatic N) is 3. The van der Waals surface area contributed by atoms with Crippen LogP contribution in [0.2, 0.25) is 0 Å². The molecule has 2 amide bonds. The molecule has 3 heterocycles. The van der Waals surface area contributed by atoms with E-state index in [0.29, 0.717) is 22.8 Å². The first kappa shape index (κ1) is 20.7. The van der Waals surface area contributed by atoms with Crippen LogP contribution in [0.3, 0.4) is 0 Å². The van der Waals surface area contributed by atoms with Crippen LogP contribution in [0.15, 0.2) is 36.4 Å². The van der Waals surface area contributed by atoms with E-state index in [1.807, 2.05) is 0 Å². The van der Waals surface area contributed by atoms with E-state index in [9.17, 15) is 14.0 Å². The lowest BCUT2D eigenvalue weighted by molar-refractivity contribution is -0.119. The van der Waals surface area contributed by atoms with Crippen molar-refractivity contribution in [3.05, 3.63) is 47.9 Å². The SMILES string of the molecule is CC(=O)NCC1CN(c2ccc(-c3ccc(C4=CC(CO)ON4)nn3)c(F)c2)C(=O)O1. The summed E-state index contributed by atoms with van der Waals surface area (Å²) in [5.41, 5.74) is 4.60. The van der Waals surface area contributed by atoms with E-state index in [4.69, 9.17) is 14.7 Å². The molecule has 1 fully saturated rings. The van der Waals surface area contributed by atoms with Crippen molar-refractivity contribution >= 4 is 23.4 Å². The summed E-state index contributed by atoms with van der Waals surface area (Å²) in [7, 11) is 0. The van der Waals surface area contributed by atoms with Crippen LogP contribution in [0.25, 0.3) is 17.0 Å². The van der Waals surface area contributed by atoms with E-state index >= 15 is 0 Å². The second-order valence-corrected chi connectivity index (χ2v) is 7.04. The standard InChI is InChI=1S/C20H20FN5O5/c1-11(28)22-8-14-9-26(20(29)30-14)12-2-3-15(16(21)6-12)17-4-5-18(24-23-17)19-7-13(10-27)31-25-19/h2-7,13-14,25,27H,8-10H2,1H3,(H,22,28). The van der Waals surface area contributed by atoms with Gasteiger partial charge in [-0.05, 0) is 36.4 Å². The Kier molecular flexibility index (Phi) is 5.78. The number of rotatable bonds is 6. The van der Waals surface area contributed by atoms with Crippen molar-refractivity contribution in [2.45, 2.75) is 19.1 Å². The molecule has 31 heavy (non-hydrogen) atoms. The molecule has 2 aliphatic heterocycles. The fourth-order valence-corrected chi connectivity index (χ4v) is 3.22. The Hall–Kier alpha value is -3.57. The summed E-state index contributed by atoms with van der Waals surface area (Å²) in [4.78, 5) is 29.6. The number of aliphatic hydroxyl groups is 1. The Morgan fingerprint density at radius 3 is 2.74 bits per heavy atom.